The molecule has 3 N–H and O–H groups in total. The van der Waals surface area contributed by atoms with Crippen molar-refractivity contribution in [1.82, 2.24) is 0 Å². The normalized spacial score (nSPS) is 12.8. The summed E-state index contributed by atoms with van der Waals surface area (Å²) in [5.41, 5.74) is 6.34. The van der Waals surface area contributed by atoms with Gasteiger partial charge in [0.2, 0.25) is 0 Å². The topological polar surface area (TPSA) is 46.2 Å². The first-order chi connectivity index (χ1) is 6.26. The van der Waals surface area contributed by atoms with Gasteiger partial charge in [0.05, 0.1) is 6.61 Å². The summed E-state index contributed by atoms with van der Waals surface area (Å²) in [5, 5.41) is 9.29. The standard InChI is InChI=1S/C10H15NOS/c1-2-9(7-12)13-10-5-3-8(11)4-6-10/h3-6,9,12H,2,7,11H2,1H3. The first-order valence-corrected chi connectivity index (χ1v) is 5.27. The molecule has 0 radical (unpaired) electrons. The van der Waals surface area contributed by atoms with E-state index in [4.69, 9.17) is 10.8 Å². The van der Waals surface area contributed by atoms with Gasteiger partial charge >= 0.3 is 0 Å². The molecular formula is C10H15NOS. The van der Waals surface area contributed by atoms with Crippen LogP contribution in [0.3, 0.4) is 0 Å². The molecule has 0 fully saturated rings. The molecule has 2 nitrogen and oxygen atoms in total. The number of nitrogen functional groups attached to an aromatic ring is 1. The maximum Gasteiger partial charge on any atom is 0.0553 e. The Morgan fingerprint density at radius 1 is 1.38 bits per heavy atom. The van der Waals surface area contributed by atoms with Crippen LogP contribution >= 0.6 is 11.8 Å². The van der Waals surface area contributed by atoms with Crippen molar-refractivity contribution in [3.05, 3.63) is 24.3 Å². The third-order valence-corrected chi connectivity index (χ3v) is 3.20. The molecule has 1 aromatic rings. The van der Waals surface area contributed by atoms with E-state index in [1.165, 1.54) is 0 Å². The zero-order valence-corrected chi connectivity index (χ0v) is 8.55. The molecule has 0 aromatic heterocycles. The minimum absolute atomic E-state index is 0.228. The predicted octanol–water partition coefficient (Wildman–Crippen LogP) is 2.13. The zero-order valence-electron chi connectivity index (χ0n) is 7.73. The summed E-state index contributed by atoms with van der Waals surface area (Å²) in [5.74, 6) is 0. The lowest BCUT2D eigenvalue weighted by molar-refractivity contribution is 0.292. The van der Waals surface area contributed by atoms with Crippen molar-refractivity contribution >= 4 is 17.4 Å². The molecule has 1 aromatic carbocycles. The molecular weight excluding hydrogens is 182 g/mol. The van der Waals surface area contributed by atoms with Gasteiger partial charge in [0.25, 0.3) is 0 Å². The minimum Gasteiger partial charge on any atom is -0.399 e. The van der Waals surface area contributed by atoms with Crippen molar-refractivity contribution in [3.8, 4) is 0 Å². The number of aliphatic hydroxyl groups excluding tert-OH is 1. The molecule has 0 aliphatic rings. The van der Waals surface area contributed by atoms with E-state index in [1.54, 1.807) is 11.8 Å². The quantitative estimate of drug-likeness (QED) is 0.574. The van der Waals surface area contributed by atoms with Crippen molar-refractivity contribution < 1.29 is 5.11 Å². The van der Waals surface area contributed by atoms with Gasteiger partial charge in [-0.15, -0.1) is 11.8 Å². The van der Waals surface area contributed by atoms with E-state index in [-0.39, 0.29) is 6.61 Å². The Bertz CT molecular complexity index is 244. The lowest BCUT2D eigenvalue weighted by Crippen LogP contribution is -2.05. The molecule has 0 amide bonds. The summed E-state index contributed by atoms with van der Waals surface area (Å²) in [6.45, 7) is 2.30. The smallest absolute Gasteiger partial charge is 0.0553 e. The van der Waals surface area contributed by atoms with E-state index < -0.39 is 0 Å². The van der Waals surface area contributed by atoms with Crippen LogP contribution in [0.15, 0.2) is 29.2 Å². The lowest BCUT2D eigenvalue weighted by atomic mass is 10.3. The van der Waals surface area contributed by atoms with Crippen molar-refractivity contribution in [1.29, 1.82) is 0 Å². The fraction of sp³-hybridized carbons (Fsp3) is 0.400. The highest BCUT2D eigenvalue weighted by Gasteiger charge is 2.05. The number of hydrogen-bond acceptors (Lipinski definition) is 3. The van der Waals surface area contributed by atoms with Crippen LogP contribution in [0.4, 0.5) is 5.69 Å². The van der Waals surface area contributed by atoms with Gasteiger partial charge in [0, 0.05) is 15.8 Å². The van der Waals surface area contributed by atoms with Gasteiger partial charge in [-0.3, -0.25) is 0 Å². The lowest BCUT2D eigenvalue weighted by Gasteiger charge is -2.10. The summed E-state index contributed by atoms with van der Waals surface area (Å²) in [7, 11) is 0. The van der Waals surface area contributed by atoms with E-state index in [1.807, 2.05) is 24.3 Å². The Balaban J connectivity index is 2.58. The van der Waals surface area contributed by atoms with Crippen LogP contribution in [0, 0.1) is 0 Å². The maximum atomic E-state index is 9.00. The number of thioether (sulfide) groups is 1. The second-order valence-corrected chi connectivity index (χ2v) is 4.27. The molecule has 0 saturated heterocycles. The van der Waals surface area contributed by atoms with E-state index in [0.717, 1.165) is 17.0 Å². The number of hydrogen-bond donors (Lipinski definition) is 2. The molecule has 3 heteroatoms. The minimum atomic E-state index is 0.228. The van der Waals surface area contributed by atoms with Crippen LogP contribution in [0.25, 0.3) is 0 Å². The monoisotopic (exact) mass is 197 g/mol. The molecule has 1 unspecified atom stereocenters. The fourth-order valence-corrected chi connectivity index (χ4v) is 1.91. The zero-order chi connectivity index (χ0) is 9.68. The molecule has 0 heterocycles. The fourth-order valence-electron chi connectivity index (χ4n) is 0.989. The summed E-state index contributed by atoms with van der Waals surface area (Å²) >= 11 is 1.69. The summed E-state index contributed by atoms with van der Waals surface area (Å²) < 4.78 is 0. The van der Waals surface area contributed by atoms with Crippen molar-refractivity contribution in [2.75, 3.05) is 12.3 Å². The van der Waals surface area contributed by atoms with E-state index in [0.29, 0.717) is 5.25 Å². The third kappa shape index (κ3) is 3.28. The van der Waals surface area contributed by atoms with Crippen molar-refractivity contribution in [3.63, 3.8) is 0 Å². The van der Waals surface area contributed by atoms with E-state index >= 15 is 0 Å². The second kappa shape index (κ2) is 5.14. The van der Waals surface area contributed by atoms with Crippen LogP contribution in [-0.2, 0) is 0 Å². The average molecular weight is 197 g/mol. The largest absolute Gasteiger partial charge is 0.399 e. The van der Waals surface area contributed by atoms with Crippen LogP contribution in [0.5, 0.6) is 0 Å². The Labute approximate surface area is 83.1 Å². The highest BCUT2D eigenvalue weighted by Crippen LogP contribution is 2.25. The maximum absolute atomic E-state index is 9.00. The molecule has 0 saturated carbocycles. The van der Waals surface area contributed by atoms with E-state index in [2.05, 4.69) is 6.92 Å². The molecule has 1 rings (SSSR count). The third-order valence-electron chi connectivity index (χ3n) is 1.84. The molecule has 0 spiro atoms. The number of nitrogens with two attached hydrogens (primary N) is 1. The highest BCUT2D eigenvalue weighted by molar-refractivity contribution is 8.00. The van der Waals surface area contributed by atoms with Gasteiger partial charge in [-0.1, -0.05) is 6.92 Å². The SMILES string of the molecule is CCC(CO)Sc1ccc(N)cc1. The molecule has 0 aliphatic heterocycles. The summed E-state index contributed by atoms with van der Waals surface area (Å²) in [4.78, 5) is 1.16. The van der Waals surface area contributed by atoms with Gasteiger partial charge in [-0.05, 0) is 30.7 Å². The summed E-state index contributed by atoms with van der Waals surface area (Å²) in [6, 6.07) is 7.73. The second-order valence-electron chi connectivity index (χ2n) is 2.90. The Morgan fingerprint density at radius 3 is 2.46 bits per heavy atom. The van der Waals surface area contributed by atoms with Crippen LogP contribution in [0.1, 0.15) is 13.3 Å². The molecule has 13 heavy (non-hydrogen) atoms. The van der Waals surface area contributed by atoms with Gasteiger partial charge < -0.3 is 10.8 Å². The van der Waals surface area contributed by atoms with Crippen molar-refractivity contribution in [2.45, 2.75) is 23.5 Å². The Morgan fingerprint density at radius 2 is 2.00 bits per heavy atom. The van der Waals surface area contributed by atoms with Crippen LogP contribution < -0.4 is 5.73 Å². The predicted molar refractivity (Wildman–Crippen MR) is 57.9 cm³/mol. The Hall–Kier alpha value is -0.670. The Kier molecular flexibility index (Phi) is 4.12. The first-order valence-electron chi connectivity index (χ1n) is 4.39. The molecule has 1 atom stereocenters. The molecule has 0 bridgehead atoms. The van der Waals surface area contributed by atoms with Gasteiger partial charge in [0.1, 0.15) is 0 Å². The molecule has 0 aliphatic carbocycles. The van der Waals surface area contributed by atoms with Gasteiger partial charge in [-0.25, -0.2) is 0 Å². The molecule has 72 valence electrons. The summed E-state index contributed by atoms with van der Waals surface area (Å²) in [6.07, 6.45) is 0.978. The van der Waals surface area contributed by atoms with Gasteiger partial charge in [0.15, 0.2) is 0 Å². The van der Waals surface area contributed by atoms with Gasteiger partial charge in [-0.2, -0.15) is 0 Å². The number of anilines is 1. The van der Waals surface area contributed by atoms with Crippen molar-refractivity contribution in [2.24, 2.45) is 0 Å². The number of rotatable bonds is 4. The first kappa shape index (κ1) is 10.4. The van der Waals surface area contributed by atoms with E-state index in [9.17, 15) is 0 Å². The number of benzene rings is 1. The average Bonchev–Trinajstić information content (AvgIpc) is 2.17. The highest BCUT2D eigenvalue weighted by atomic mass is 32.2. The van der Waals surface area contributed by atoms with Crippen LogP contribution in [-0.4, -0.2) is 17.0 Å². The van der Waals surface area contributed by atoms with Crippen LogP contribution in [0.2, 0.25) is 0 Å². The number of aliphatic hydroxyl groups is 1.